The predicted octanol–water partition coefficient (Wildman–Crippen LogP) is 5.20. The summed E-state index contributed by atoms with van der Waals surface area (Å²) in [5, 5.41) is 5.85. The standard InChI is InChI=1S/C30H41N3O4/c1-19(2)25(32-29(36)37-30(5,6)7)28(35)33(23-16-17-23)26(24-20(3)12-11-13-21(24)4)27(34)31-18-22-14-9-8-10-15-22/h8-15,19,23,25-26H,16-18H2,1-7H3,(H,31,34)(H,32,36). The Balaban J connectivity index is 1.98. The van der Waals surface area contributed by atoms with E-state index in [0.717, 1.165) is 35.1 Å². The molecular weight excluding hydrogens is 466 g/mol. The fourth-order valence-electron chi connectivity index (χ4n) is 4.52. The molecule has 37 heavy (non-hydrogen) atoms. The van der Waals surface area contributed by atoms with Gasteiger partial charge in [-0.1, -0.05) is 62.4 Å². The lowest BCUT2D eigenvalue weighted by Crippen LogP contribution is -2.55. The smallest absolute Gasteiger partial charge is 0.408 e. The highest BCUT2D eigenvalue weighted by Crippen LogP contribution is 2.38. The second kappa shape index (κ2) is 11.8. The Bertz CT molecular complexity index is 1080. The van der Waals surface area contributed by atoms with Crippen molar-refractivity contribution >= 4 is 17.9 Å². The second-order valence-corrected chi connectivity index (χ2v) is 11.3. The fourth-order valence-corrected chi connectivity index (χ4v) is 4.52. The van der Waals surface area contributed by atoms with Crippen LogP contribution in [-0.4, -0.2) is 40.5 Å². The van der Waals surface area contributed by atoms with Crippen molar-refractivity contribution in [2.24, 2.45) is 5.92 Å². The monoisotopic (exact) mass is 507 g/mol. The molecule has 1 fully saturated rings. The van der Waals surface area contributed by atoms with Crippen molar-refractivity contribution in [3.8, 4) is 0 Å². The molecule has 1 aliphatic carbocycles. The first-order valence-corrected chi connectivity index (χ1v) is 13.1. The number of carbonyl (C=O) groups is 3. The molecule has 2 atom stereocenters. The van der Waals surface area contributed by atoms with Crippen LogP contribution in [0.25, 0.3) is 0 Å². The number of benzene rings is 2. The van der Waals surface area contributed by atoms with Crippen LogP contribution in [0.1, 0.15) is 75.8 Å². The number of alkyl carbamates (subject to hydrolysis) is 1. The molecule has 0 saturated heterocycles. The van der Waals surface area contributed by atoms with Crippen LogP contribution in [0.15, 0.2) is 48.5 Å². The zero-order valence-corrected chi connectivity index (χ0v) is 23.1. The summed E-state index contributed by atoms with van der Waals surface area (Å²) in [6.07, 6.45) is 0.986. The number of amides is 3. The zero-order chi connectivity index (χ0) is 27.3. The van der Waals surface area contributed by atoms with E-state index in [2.05, 4.69) is 10.6 Å². The molecular formula is C30H41N3O4. The van der Waals surface area contributed by atoms with Crippen molar-refractivity contribution in [2.45, 2.75) is 91.6 Å². The maximum Gasteiger partial charge on any atom is 0.408 e. The minimum Gasteiger partial charge on any atom is -0.444 e. The van der Waals surface area contributed by atoms with Crippen LogP contribution in [0.5, 0.6) is 0 Å². The van der Waals surface area contributed by atoms with E-state index in [0.29, 0.717) is 6.54 Å². The highest BCUT2D eigenvalue weighted by atomic mass is 16.6. The summed E-state index contributed by atoms with van der Waals surface area (Å²) in [6.45, 7) is 13.4. The van der Waals surface area contributed by atoms with Gasteiger partial charge in [0.05, 0.1) is 0 Å². The summed E-state index contributed by atoms with van der Waals surface area (Å²) < 4.78 is 5.44. The summed E-state index contributed by atoms with van der Waals surface area (Å²) in [7, 11) is 0. The number of aryl methyl sites for hydroxylation is 2. The van der Waals surface area contributed by atoms with E-state index < -0.39 is 23.8 Å². The highest BCUT2D eigenvalue weighted by Gasteiger charge is 2.45. The predicted molar refractivity (Wildman–Crippen MR) is 145 cm³/mol. The SMILES string of the molecule is Cc1cccc(C)c1C(C(=O)NCc1ccccc1)N(C(=O)C(NC(=O)OC(C)(C)C)C(C)C)C1CC1. The van der Waals surface area contributed by atoms with Crippen molar-refractivity contribution in [1.29, 1.82) is 0 Å². The second-order valence-electron chi connectivity index (χ2n) is 11.3. The molecule has 7 heteroatoms. The Hall–Kier alpha value is -3.35. The lowest BCUT2D eigenvalue weighted by atomic mass is 9.92. The first kappa shape index (κ1) is 28.2. The van der Waals surface area contributed by atoms with Crippen LogP contribution >= 0.6 is 0 Å². The van der Waals surface area contributed by atoms with E-state index in [4.69, 9.17) is 4.74 Å². The number of nitrogens with one attached hydrogen (secondary N) is 2. The number of ether oxygens (including phenoxy) is 1. The Labute approximate surface area is 221 Å². The van der Waals surface area contributed by atoms with Crippen LogP contribution < -0.4 is 10.6 Å². The Morgan fingerprint density at radius 3 is 2.08 bits per heavy atom. The summed E-state index contributed by atoms with van der Waals surface area (Å²) in [5.41, 5.74) is 3.00. The minimum absolute atomic E-state index is 0.0688. The largest absolute Gasteiger partial charge is 0.444 e. The van der Waals surface area contributed by atoms with Gasteiger partial charge in [-0.05, 0) is 75.6 Å². The summed E-state index contributed by atoms with van der Waals surface area (Å²) >= 11 is 0. The van der Waals surface area contributed by atoms with Crippen molar-refractivity contribution in [3.05, 3.63) is 70.8 Å². The molecule has 1 aliphatic rings. The number of rotatable bonds is 9. The van der Waals surface area contributed by atoms with Gasteiger partial charge in [0, 0.05) is 12.6 Å². The van der Waals surface area contributed by atoms with Crippen LogP contribution in [0.3, 0.4) is 0 Å². The topological polar surface area (TPSA) is 87.7 Å². The molecule has 3 rings (SSSR count). The van der Waals surface area contributed by atoms with Gasteiger partial charge in [0.15, 0.2) is 0 Å². The first-order chi connectivity index (χ1) is 17.4. The molecule has 0 aromatic heterocycles. The van der Waals surface area contributed by atoms with Gasteiger partial charge in [-0.15, -0.1) is 0 Å². The molecule has 2 unspecified atom stereocenters. The number of carbonyl (C=O) groups excluding carboxylic acids is 3. The van der Waals surface area contributed by atoms with Gasteiger partial charge in [-0.2, -0.15) is 0 Å². The van der Waals surface area contributed by atoms with Crippen LogP contribution in [0.2, 0.25) is 0 Å². The van der Waals surface area contributed by atoms with Gasteiger partial charge in [0.2, 0.25) is 11.8 Å². The van der Waals surface area contributed by atoms with Gasteiger partial charge in [0.25, 0.3) is 0 Å². The molecule has 2 N–H and O–H groups in total. The van der Waals surface area contributed by atoms with Gasteiger partial charge in [0.1, 0.15) is 17.7 Å². The third-order valence-corrected chi connectivity index (χ3v) is 6.45. The van der Waals surface area contributed by atoms with E-state index >= 15 is 0 Å². The van der Waals surface area contributed by atoms with Crippen molar-refractivity contribution < 1.29 is 19.1 Å². The van der Waals surface area contributed by atoms with E-state index in [1.807, 2.05) is 76.2 Å². The van der Waals surface area contributed by atoms with Gasteiger partial charge < -0.3 is 20.3 Å². The van der Waals surface area contributed by atoms with Crippen LogP contribution in [0.4, 0.5) is 4.79 Å². The van der Waals surface area contributed by atoms with E-state index in [1.54, 1.807) is 25.7 Å². The van der Waals surface area contributed by atoms with Gasteiger partial charge >= 0.3 is 6.09 Å². The van der Waals surface area contributed by atoms with Gasteiger partial charge in [-0.3, -0.25) is 9.59 Å². The lowest BCUT2D eigenvalue weighted by Gasteiger charge is -2.37. The Morgan fingerprint density at radius 1 is 0.973 bits per heavy atom. The van der Waals surface area contributed by atoms with Crippen molar-refractivity contribution in [2.75, 3.05) is 0 Å². The molecule has 7 nitrogen and oxygen atoms in total. The number of hydrogen-bond donors (Lipinski definition) is 2. The number of hydrogen-bond acceptors (Lipinski definition) is 4. The molecule has 0 heterocycles. The average molecular weight is 508 g/mol. The lowest BCUT2D eigenvalue weighted by molar-refractivity contribution is -0.144. The summed E-state index contributed by atoms with van der Waals surface area (Å²) in [4.78, 5) is 42.4. The molecule has 0 aliphatic heterocycles. The first-order valence-electron chi connectivity index (χ1n) is 13.1. The van der Waals surface area contributed by atoms with Gasteiger partial charge in [-0.25, -0.2) is 4.79 Å². The summed E-state index contributed by atoms with van der Waals surface area (Å²) in [5.74, 6) is -0.709. The van der Waals surface area contributed by atoms with Crippen molar-refractivity contribution in [1.82, 2.24) is 15.5 Å². The normalized spacial score (nSPS) is 15.0. The molecule has 2 aromatic rings. The maximum atomic E-state index is 14.2. The Kier molecular flexibility index (Phi) is 9.00. The van der Waals surface area contributed by atoms with Crippen molar-refractivity contribution in [3.63, 3.8) is 0 Å². The average Bonchev–Trinajstić information content (AvgIpc) is 3.64. The molecule has 0 radical (unpaired) electrons. The van der Waals surface area contributed by atoms with E-state index in [-0.39, 0.29) is 23.8 Å². The minimum atomic E-state index is -0.829. The molecule has 3 amide bonds. The Morgan fingerprint density at radius 2 is 1.57 bits per heavy atom. The maximum absolute atomic E-state index is 14.2. The summed E-state index contributed by atoms with van der Waals surface area (Å²) in [6, 6.07) is 13.9. The molecule has 200 valence electrons. The third kappa shape index (κ3) is 7.57. The van der Waals surface area contributed by atoms with E-state index in [9.17, 15) is 14.4 Å². The highest BCUT2D eigenvalue weighted by molar-refractivity contribution is 5.93. The molecule has 1 saturated carbocycles. The quantitative estimate of drug-likeness (QED) is 0.488. The van der Waals surface area contributed by atoms with E-state index in [1.165, 1.54) is 0 Å². The number of nitrogens with zero attached hydrogens (tertiary/aromatic N) is 1. The molecule has 2 aromatic carbocycles. The molecule has 0 bridgehead atoms. The third-order valence-electron chi connectivity index (χ3n) is 6.45. The molecule has 0 spiro atoms. The fraction of sp³-hybridized carbons (Fsp3) is 0.500. The zero-order valence-electron chi connectivity index (χ0n) is 23.1. The van der Waals surface area contributed by atoms with Crippen LogP contribution in [0, 0.1) is 19.8 Å². The van der Waals surface area contributed by atoms with Crippen LogP contribution in [-0.2, 0) is 20.9 Å².